The second-order valence-corrected chi connectivity index (χ2v) is 11.8. The zero-order chi connectivity index (χ0) is 27.9. The summed E-state index contributed by atoms with van der Waals surface area (Å²) in [6.45, 7) is 2.89. The van der Waals surface area contributed by atoms with E-state index in [1.54, 1.807) is 4.72 Å². The molecule has 36 heavy (non-hydrogen) atoms. The fraction of sp³-hybridized carbons (Fsp3) is 0.833. The Bertz CT molecular complexity index is 1070. The first-order chi connectivity index (χ1) is 16.1. The predicted molar refractivity (Wildman–Crippen MR) is 111 cm³/mol. The third-order valence-corrected chi connectivity index (χ3v) is 7.14. The van der Waals surface area contributed by atoms with Crippen LogP contribution < -0.4 is 9.83 Å². The van der Waals surface area contributed by atoms with Gasteiger partial charge in [-0.05, 0) is 26.8 Å². The first kappa shape index (κ1) is 30.8. The van der Waals surface area contributed by atoms with Crippen LogP contribution in [-0.4, -0.2) is 109 Å². The minimum atomic E-state index is -5.21. The highest BCUT2D eigenvalue weighted by atomic mass is 32.3. The number of aliphatic hydroxyl groups excluding tert-OH is 3. The second-order valence-electron chi connectivity index (χ2n) is 9.56. The Balaban J connectivity index is 2.33. The molecule has 7 atom stereocenters. The van der Waals surface area contributed by atoms with Gasteiger partial charge in [-0.3, -0.25) is 4.18 Å². The van der Waals surface area contributed by atoms with Crippen molar-refractivity contribution >= 4 is 26.7 Å². The Kier molecular flexibility index (Phi) is 8.86. The van der Waals surface area contributed by atoms with Crippen molar-refractivity contribution in [3.63, 3.8) is 0 Å². The van der Waals surface area contributed by atoms with Crippen molar-refractivity contribution in [2.75, 3.05) is 19.8 Å². The monoisotopic (exact) mass is 562 g/mol. The zero-order valence-corrected chi connectivity index (χ0v) is 21.3. The number of carbonyl (C=O) groups is 1. The Labute approximate surface area is 207 Å². The molecule has 0 aromatic rings. The van der Waals surface area contributed by atoms with Gasteiger partial charge in [0.1, 0.15) is 23.9 Å². The molecule has 2 aliphatic rings. The Hall–Kier alpha value is -1.45. The van der Waals surface area contributed by atoms with Crippen molar-refractivity contribution in [3.05, 3.63) is 11.8 Å². The van der Waals surface area contributed by atoms with Gasteiger partial charge in [-0.1, -0.05) is 6.92 Å². The molecule has 1 saturated heterocycles. The van der Waals surface area contributed by atoms with Crippen molar-refractivity contribution in [1.82, 2.24) is 4.72 Å². The maximum absolute atomic E-state index is 11.4. The van der Waals surface area contributed by atoms with E-state index < -0.39 is 99.3 Å². The van der Waals surface area contributed by atoms with Crippen LogP contribution in [0.15, 0.2) is 11.8 Å². The average molecular weight is 563 g/mol. The van der Waals surface area contributed by atoms with Gasteiger partial charge >= 0.3 is 0 Å². The predicted octanol–water partition coefficient (Wildman–Crippen LogP) is -4.41. The maximum Gasteiger partial charge on any atom is 0.217 e. The molecular weight excluding hydrogens is 534 g/mol. The molecule has 0 radical (unpaired) electrons. The van der Waals surface area contributed by atoms with E-state index in [4.69, 9.17) is 14.2 Å². The van der Waals surface area contributed by atoms with Gasteiger partial charge in [0, 0.05) is 5.41 Å². The lowest BCUT2D eigenvalue weighted by molar-refractivity contribution is -0.307. The van der Waals surface area contributed by atoms with E-state index in [0.29, 0.717) is 0 Å². The summed E-state index contributed by atoms with van der Waals surface area (Å²) in [4.78, 5) is 11.2. The molecule has 0 aromatic heterocycles. The van der Waals surface area contributed by atoms with E-state index in [2.05, 4.69) is 4.18 Å². The molecule has 2 rings (SSSR count). The number of carboxylic acids is 1. The van der Waals surface area contributed by atoms with Gasteiger partial charge in [0.25, 0.3) is 0 Å². The van der Waals surface area contributed by atoms with Gasteiger partial charge in [-0.25, -0.2) is 21.6 Å². The number of ether oxygens (including phenoxy) is 3. The lowest BCUT2D eigenvalue weighted by Crippen LogP contribution is -2.71. The lowest BCUT2D eigenvalue weighted by Gasteiger charge is -2.55. The molecule has 0 bridgehead atoms. The number of hydrogen-bond donors (Lipinski definition) is 4. The number of aliphatic carboxylic acids is 1. The molecule has 0 aromatic carbocycles. The van der Waals surface area contributed by atoms with Crippen molar-refractivity contribution in [3.8, 4) is 0 Å². The van der Waals surface area contributed by atoms with Crippen LogP contribution in [0.2, 0.25) is 0 Å². The minimum absolute atomic E-state index is 0.611. The largest absolute Gasteiger partial charge is 0.735 e. The molecule has 210 valence electrons. The normalized spacial score (nSPS) is 37.1. The van der Waals surface area contributed by atoms with E-state index in [9.17, 15) is 51.2 Å². The van der Waals surface area contributed by atoms with Crippen molar-refractivity contribution in [2.24, 2.45) is 5.41 Å². The molecule has 2 heterocycles. The highest BCUT2D eigenvalue weighted by molar-refractivity contribution is 7.83. The molecule has 0 amide bonds. The maximum atomic E-state index is 11.4. The van der Waals surface area contributed by atoms with Crippen molar-refractivity contribution in [2.45, 2.75) is 69.4 Å². The summed E-state index contributed by atoms with van der Waals surface area (Å²) in [5, 5.41) is 42.5. The van der Waals surface area contributed by atoms with Gasteiger partial charge in [0.2, 0.25) is 10.4 Å². The minimum Gasteiger partial charge on any atom is -0.735 e. The van der Waals surface area contributed by atoms with Crippen molar-refractivity contribution in [1.29, 1.82) is 0 Å². The van der Waals surface area contributed by atoms with Crippen LogP contribution in [0.25, 0.3) is 0 Å². The van der Waals surface area contributed by atoms with E-state index >= 15 is 0 Å². The van der Waals surface area contributed by atoms with Crippen LogP contribution in [0.3, 0.4) is 0 Å². The number of aliphatic hydroxyl groups is 3. The second kappa shape index (κ2) is 10.4. The molecule has 0 aliphatic carbocycles. The van der Waals surface area contributed by atoms with E-state index in [1.807, 2.05) is 0 Å². The highest BCUT2D eigenvalue weighted by Gasteiger charge is 2.57. The van der Waals surface area contributed by atoms with E-state index in [1.165, 1.54) is 27.7 Å². The molecule has 16 nitrogen and oxygen atoms in total. The summed E-state index contributed by atoms with van der Waals surface area (Å²) < 4.78 is 89.5. The van der Waals surface area contributed by atoms with Crippen LogP contribution in [0, 0.1) is 5.41 Å². The number of carboxylic acid groups (broad SMARTS) is 1. The number of carbonyl (C=O) groups excluding carboxylic acids is 1. The van der Waals surface area contributed by atoms with Crippen LogP contribution in [0.4, 0.5) is 0 Å². The highest BCUT2D eigenvalue weighted by Crippen LogP contribution is 2.42. The summed E-state index contributed by atoms with van der Waals surface area (Å²) in [5.74, 6) is -2.55. The SMILES string of the molecule is CC1(C)OC(COS(=O)(=O)[O-])[C@@](C)(COC[C@@]2(C)OC(C(=O)[O-])=C[C@@H](O)C2O)[C@@H](O)C1NS(=O)(=O)[O-]. The quantitative estimate of drug-likeness (QED) is 0.145. The van der Waals surface area contributed by atoms with Crippen LogP contribution in [0.5, 0.6) is 0 Å². The van der Waals surface area contributed by atoms with E-state index in [-0.39, 0.29) is 0 Å². The first-order valence-corrected chi connectivity index (χ1v) is 13.1. The molecule has 0 spiro atoms. The van der Waals surface area contributed by atoms with Crippen LogP contribution in [0.1, 0.15) is 27.7 Å². The number of hydrogen-bond acceptors (Lipinski definition) is 15. The van der Waals surface area contributed by atoms with Crippen LogP contribution >= 0.6 is 0 Å². The summed E-state index contributed by atoms with van der Waals surface area (Å²) in [6, 6.07) is -1.57. The first-order valence-electron chi connectivity index (χ1n) is 10.4. The van der Waals surface area contributed by atoms with Gasteiger partial charge < -0.3 is 48.5 Å². The Morgan fingerprint density at radius 3 is 2.17 bits per heavy atom. The topological polar surface area (TPSA) is 264 Å². The smallest absolute Gasteiger partial charge is 0.217 e. The van der Waals surface area contributed by atoms with Gasteiger partial charge in [0.05, 0.1) is 43.7 Å². The van der Waals surface area contributed by atoms with E-state index in [0.717, 1.165) is 6.08 Å². The molecule has 0 saturated carbocycles. The summed E-state index contributed by atoms with van der Waals surface area (Å²) in [7, 11) is -10.3. The summed E-state index contributed by atoms with van der Waals surface area (Å²) in [6.07, 6.45) is -5.83. The summed E-state index contributed by atoms with van der Waals surface area (Å²) >= 11 is 0. The van der Waals surface area contributed by atoms with Crippen LogP contribution in [-0.2, 0) is 43.9 Å². The van der Waals surface area contributed by atoms with Gasteiger partial charge in [0.15, 0.2) is 15.9 Å². The van der Waals surface area contributed by atoms with Crippen molar-refractivity contribution < 1.29 is 69.6 Å². The fourth-order valence-corrected chi connectivity index (χ4v) is 5.10. The third kappa shape index (κ3) is 7.10. The summed E-state index contributed by atoms with van der Waals surface area (Å²) in [5.41, 5.74) is -5.21. The standard InChI is InChI=1S/C18H31NO15S2/c1-16(2)12(19-35(25,26)27)14(22)17(3,11(34-16)6-32-36(28,29)30)7-31-8-18(4)13(21)9(20)5-10(33-18)15(23)24/h5,9,11-14,19-22H,6-8H2,1-4H3,(H,23,24)(H,25,26,27)(H,28,29,30)/p-3/t9-,11?,12?,13?,14+,17-,18-/m1/s1. The van der Waals surface area contributed by atoms with Gasteiger partial charge in [-0.15, -0.1) is 0 Å². The lowest BCUT2D eigenvalue weighted by atomic mass is 9.70. The number of nitrogens with one attached hydrogen (secondary N) is 1. The third-order valence-electron chi connectivity index (χ3n) is 6.17. The zero-order valence-electron chi connectivity index (χ0n) is 19.6. The number of rotatable bonds is 10. The Morgan fingerprint density at radius 1 is 1.08 bits per heavy atom. The molecular formula is C18H28NO15S2-3. The molecule has 18 heteroatoms. The molecule has 4 N–H and O–H groups in total. The fourth-order valence-electron chi connectivity index (χ4n) is 4.09. The molecule has 2 aliphatic heterocycles. The molecule has 1 fully saturated rings. The van der Waals surface area contributed by atoms with Gasteiger partial charge in [-0.2, -0.15) is 0 Å². The molecule has 3 unspecified atom stereocenters. The Morgan fingerprint density at radius 2 is 1.67 bits per heavy atom. The average Bonchev–Trinajstić information content (AvgIpc) is 2.70.